The summed E-state index contributed by atoms with van der Waals surface area (Å²) in [6, 6.07) is 2.31. The van der Waals surface area contributed by atoms with Gasteiger partial charge in [0.1, 0.15) is 6.10 Å². The summed E-state index contributed by atoms with van der Waals surface area (Å²) in [6.07, 6.45) is 0.102. The first kappa shape index (κ1) is 16.1. The molecule has 1 saturated carbocycles. The van der Waals surface area contributed by atoms with Crippen molar-refractivity contribution in [3.63, 3.8) is 0 Å². The highest BCUT2D eigenvalue weighted by Gasteiger charge is 2.45. The lowest BCUT2D eigenvalue weighted by Crippen LogP contribution is -2.57. The van der Waals surface area contributed by atoms with E-state index in [0.29, 0.717) is 0 Å². The van der Waals surface area contributed by atoms with Crippen molar-refractivity contribution in [2.45, 2.75) is 44.9 Å². The molecule has 1 amide bonds. The van der Waals surface area contributed by atoms with Gasteiger partial charge >= 0.3 is 6.18 Å². The topological polar surface area (TPSA) is 42.4 Å². The number of amides is 1. The number of rotatable bonds is 3. The Morgan fingerprint density at radius 3 is 2.48 bits per heavy atom. The Morgan fingerprint density at radius 2 is 1.96 bits per heavy atom. The number of ether oxygens (including phenoxy) is 1. The SMILES string of the molecule is Cc1nc(OC2CCC3(CC2)CN(C=O)C3)ccc1C(F)(F)F. The van der Waals surface area contributed by atoms with Gasteiger partial charge < -0.3 is 9.64 Å². The van der Waals surface area contributed by atoms with Crippen LogP contribution in [0, 0.1) is 12.3 Å². The molecule has 1 aromatic heterocycles. The third-order valence-corrected chi connectivity index (χ3v) is 4.87. The third kappa shape index (κ3) is 3.28. The number of halogens is 3. The Morgan fingerprint density at radius 1 is 1.30 bits per heavy atom. The summed E-state index contributed by atoms with van der Waals surface area (Å²) in [5.74, 6) is 0.250. The molecule has 1 saturated heterocycles. The average Bonchev–Trinajstić information content (AvgIpc) is 2.44. The van der Waals surface area contributed by atoms with Crippen molar-refractivity contribution >= 4 is 6.41 Å². The fourth-order valence-corrected chi connectivity index (χ4v) is 3.60. The molecule has 0 bridgehead atoms. The summed E-state index contributed by atoms with van der Waals surface area (Å²) >= 11 is 0. The molecule has 1 aliphatic carbocycles. The molecule has 2 heterocycles. The molecule has 1 aromatic rings. The zero-order valence-corrected chi connectivity index (χ0v) is 12.9. The lowest BCUT2D eigenvalue weighted by molar-refractivity contribution is -0.138. The number of carbonyl (C=O) groups excluding carboxylic acids is 1. The van der Waals surface area contributed by atoms with Crippen LogP contribution in [-0.2, 0) is 11.0 Å². The average molecular weight is 328 g/mol. The second-order valence-electron chi connectivity index (χ2n) is 6.61. The van der Waals surface area contributed by atoms with Crippen LogP contribution in [-0.4, -0.2) is 35.5 Å². The van der Waals surface area contributed by atoms with Crippen LogP contribution in [0.15, 0.2) is 12.1 Å². The van der Waals surface area contributed by atoms with E-state index >= 15 is 0 Å². The molecule has 2 fully saturated rings. The van der Waals surface area contributed by atoms with E-state index in [0.717, 1.165) is 51.2 Å². The fraction of sp³-hybridized carbons (Fsp3) is 0.625. The molecule has 0 unspecified atom stereocenters. The molecule has 0 radical (unpaired) electrons. The molecular weight excluding hydrogens is 309 g/mol. The quantitative estimate of drug-likeness (QED) is 0.800. The van der Waals surface area contributed by atoms with E-state index in [1.54, 1.807) is 4.90 Å². The van der Waals surface area contributed by atoms with Crippen LogP contribution in [0.25, 0.3) is 0 Å². The minimum absolute atomic E-state index is 0.0189. The molecule has 0 aromatic carbocycles. The molecule has 7 heteroatoms. The van der Waals surface area contributed by atoms with Crippen molar-refractivity contribution in [3.8, 4) is 5.88 Å². The van der Waals surface area contributed by atoms with Gasteiger partial charge in [0.15, 0.2) is 0 Å². The van der Waals surface area contributed by atoms with Gasteiger partial charge in [0.2, 0.25) is 12.3 Å². The molecule has 1 aliphatic heterocycles. The molecule has 2 aliphatic rings. The monoisotopic (exact) mass is 328 g/mol. The lowest BCUT2D eigenvalue weighted by Gasteiger charge is -2.51. The number of alkyl halides is 3. The fourth-order valence-electron chi connectivity index (χ4n) is 3.60. The minimum atomic E-state index is -4.39. The molecule has 23 heavy (non-hydrogen) atoms. The Kier molecular flexibility index (Phi) is 3.98. The third-order valence-electron chi connectivity index (χ3n) is 4.87. The van der Waals surface area contributed by atoms with E-state index in [4.69, 9.17) is 4.74 Å². The predicted octanol–water partition coefficient (Wildman–Crippen LogP) is 3.19. The number of carbonyl (C=O) groups is 1. The van der Waals surface area contributed by atoms with Crippen molar-refractivity contribution in [3.05, 3.63) is 23.4 Å². The number of aromatic nitrogens is 1. The first-order valence-electron chi connectivity index (χ1n) is 7.72. The van der Waals surface area contributed by atoms with Crippen LogP contribution >= 0.6 is 0 Å². The van der Waals surface area contributed by atoms with Gasteiger partial charge in [-0.3, -0.25) is 4.79 Å². The van der Waals surface area contributed by atoms with E-state index in [1.807, 2.05) is 0 Å². The zero-order chi connectivity index (χ0) is 16.7. The van der Waals surface area contributed by atoms with Gasteiger partial charge in [-0.15, -0.1) is 0 Å². The molecule has 1 spiro atoms. The first-order valence-corrected chi connectivity index (χ1v) is 7.72. The summed E-state index contributed by atoms with van der Waals surface area (Å²) < 4.78 is 43.9. The summed E-state index contributed by atoms with van der Waals surface area (Å²) in [5.41, 5.74) is -0.566. The van der Waals surface area contributed by atoms with Crippen LogP contribution in [0.4, 0.5) is 13.2 Å². The Bertz CT molecular complexity index is 587. The number of nitrogens with zero attached hydrogens (tertiary/aromatic N) is 2. The second-order valence-corrected chi connectivity index (χ2v) is 6.61. The van der Waals surface area contributed by atoms with E-state index in [2.05, 4.69) is 4.98 Å². The van der Waals surface area contributed by atoms with Crippen molar-refractivity contribution in [2.75, 3.05) is 13.1 Å². The number of hydrogen-bond donors (Lipinski definition) is 0. The van der Waals surface area contributed by atoms with Gasteiger partial charge in [-0.1, -0.05) is 0 Å². The smallest absolute Gasteiger partial charge is 0.418 e. The van der Waals surface area contributed by atoms with Crippen molar-refractivity contribution in [1.29, 1.82) is 0 Å². The predicted molar refractivity (Wildman–Crippen MR) is 76.9 cm³/mol. The van der Waals surface area contributed by atoms with Crippen LogP contribution in [0.1, 0.15) is 36.9 Å². The standard InChI is InChI=1S/C16H19F3N2O2/c1-11-13(16(17,18)19)2-3-14(20-11)23-12-4-6-15(7-5-12)8-21(9-15)10-22/h2-3,10,12H,4-9H2,1H3. The summed E-state index contributed by atoms with van der Waals surface area (Å²) in [5, 5.41) is 0. The van der Waals surface area contributed by atoms with E-state index in [9.17, 15) is 18.0 Å². The molecule has 4 nitrogen and oxygen atoms in total. The van der Waals surface area contributed by atoms with Gasteiger partial charge in [-0.05, 0) is 38.7 Å². The highest BCUT2D eigenvalue weighted by molar-refractivity contribution is 5.49. The van der Waals surface area contributed by atoms with Gasteiger partial charge in [0.25, 0.3) is 0 Å². The van der Waals surface area contributed by atoms with Crippen molar-refractivity contribution in [1.82, 2.24) is 9.88 Å². The van der Waals surface area contributed by atoms with Crippen LogP contribution < -0.4 is 4.74 Å². The number of pyridine rings is 1. The van der Waals surface area contributed by atoms with Crippen molar-refractivity contribution in [2.24, 2.45) is 5.41 Å². The maximum absolute atomic E-state index is 12.7. The van der Waals surface area contributed by atoms with Crippen LogP contribution in [0.5, 0.6) is 5.88 Å². The van der Waals surface area contributed by atoms with E-state index in [1.165, 1.54) is 13.0 Å². The van der Waals surface area contributed by atoms with Gasteiger partial charge in [-0.25, -0.2) is 4.98 Å². The normalized spacial score (nSPS) is 21.1. The molecule has 0 N–H and O–H groups in total. The maximum Gasteiger partial charge on any atom is 0.418 e. The summed E-state index contributed by atoms with van der Waals surface area (Å²) in [4.78, 5) is 16.4. The molecule has 126 valence electrons. The Balaban J connectivity index is 1.57. The Labute approximate surface area is 132 Å². The van der Waals surface area contributed by atoms with Gasteiger partial charge in [0, 0.05) is 24.6 Å². The summed E-state index contributed by atoms with van der Waals surface area (Å²) in [6.45, 7) is 2.95. The van der Waals surface area contributed by atoms with E-state index < -0.39 is 11.7 Å². The minimum Gasteiger partial charge on any atom is -0.474 e. The first-order chi connectivity index (χ1) is 10.8. The Hall–Kier alpha value is -1.79. The number of hydrogen-bond acceptors (Lipinski definition) is 3. The summed E-state index contributed by atoms with van der Waals surface area (Å²) in [7, 11) is 0. The van der Waals surface area contributed by atoms with Gasteiger partial charge in [0.05, 0.1) is 11.3 Å². The van der Waals surface area contributed by atoms with Crippen molar-refractivity contribution < 1.29 is 22.7 Å². The number of likely N-dealkylation sites (tertiary alicyclic amines) is 1. The van der Waals surface area contributed by atoms with E-state index in [-0.39, 0.29) is 23.1 Å². The number of aryl methyl sites for hydroxylation is 1. The zero-order valence-electron chi connectivity index (χ0n) is 12.9. The highest BCUT2D eigenvalue weighted by Crippen LogP contribution is 2.44. The highest BCUT2D eigenvalue weighted by atomic mass is 19.4. The largest absolute Gasteiger partial charge is 0.474 e. The molecule has 3 rings (SSSR count). The molecular formula is C16H19F3N2O2. The lowest BCUT2D eigenvalue weighted by atomic mass is 9.68. The second kappa shape index (κ2) is 5.69. The maximum atomic E-state index is 12.7. The van der Waals surface area contributed by atoms with Crippen LogP contribution in [0.2, 0.25) is 0 Å². The van der Waals surface area contributed by atoms with Gasteiger partial charge in [-0.2, -0.15) is 13.2 Å². The molecule has 0 atom stereocenters. The van der Waals surface area contributed by atoms with Crippen LogP contribution in [0.3, 0.4) is 0 Å².